The summed E-state index contributed by atoms with van der Waals surface area (Å²) in [5.74, 6) is 0. The average molecular weight is 373 g/mol. The molecule has 0 spiro atoms. The van der Waals surface area contributed by atoms with Crippen molar-refractivity contribution in [2.75, 3.05) is 0 Å². The second kappa shape index (κ2) is 7.52. The zero-order valence-corrected chi connectivity index (χ0v) is 16.6. The van der Waals surface area contributed by atoms with Crippen LogP contribution in [0.4, 0.5) is 0 Å². The van der Waals surface area contributed by atoms with Gasteiger partial charge in [0.2, 0.25) is 0 Å². The Morgan fingerprint density at radius 3 is 2.03 bits per heavy atom. The van der Waals surface area contributed by atoms with E-state index in [1.165, 1.54) is 33.0 Å². The zero-order chi connectivity index (χ0) is 19.6. The summed E-state index contributed by atoms with van der Waals surface area (Å²) in [6.45, 7) is 2.13. The molecule has 0 saturated heterocycles. The van der Waals surface area contributed by atoms with Gasteiger partial charge in [0.15, 0.2) is 0 Å². The van der Waals surface area contributed by atoms with Crippen LogP contribution in [0.3, 0.4) is 0 Å². The molecule has 0 saturated carbocycles. The van der Waals surface area contributed by atoms with E-state index in [1.54, 1.807) is 0 Å². The van der Waals surface area contributed by atoms with Crippen LogP contribution in [0.5, 0.6) is 0 Å². The molecule has 0 atom stereocenters. The van der Waals surface area contributed by atoms with E-state index >= 15 is 0 Å². The molecule has 0 bridgehead atoms. The predicted molar refractivity (Wildman–Crippen MR) is 122 cm³/mol. The molecule has 29 heavy (non-hydrogen) atoms. The molecule has 1 aromatic heterocycles. The molecule has 1 heterocycles. The summed E-state index contributed by atoms with van der Waals surface area (Å²) in [5.41, 5.74) is 8.58. The van der Waals surface area contributed by atoms with Crippen LogP contribution in [-0.4, -0.2) is 4.98 Å². The standard InChI is InChI=1S/C28H23N/c1-20-10-12-23(13-11-20)26-9-5-8-25-18-19-27(29-28(25)26)24-16-14-22(15-17-24)21-6-3-2-4-7-21/h2-4,6-8,10-19H,5,9H2,1H3. The first-order chi connectivity index (χ1) is 14.3. The number of hydrogen-bond donors (Lipinski definition) is 0. The van der Waals surface area contributed by atoms with Crippen LogP contribution < -0.4 is 10.6 Å². The molecule has 4 aromatic rings. The molecule has 0 radical (unpaired) electrons. The van der Waals surface area contributed by atoms with Crippen LogP contribution >= 0.6 is 0 Å². The highest BCUT2D eigenvalue weighted by Gasteiger charge is 2.10. The lowest BCUT2D eigenvalue weighted by Crippen LogP contribution is -2.33. The minimum absolute atomic E-state index is 1.03. The highest BCUT2D eigenvalue weighted by molar-refractivity contribution is 5.71. The van der Waals surface area contributed by atoms with Crippen LogP contribution in [0.15, 0.2) is 91.0 Å². The summed E-state index contributed by atoms with van der Waals surface area (Å²) in [4.78, 5) is 5.10. The number of pyridine rings is 1. The van der Waals surface area contributed by atoms with Crippen molar-refractivity contribution in [1.82, 2.24) is 4.98 Å². The number of nitrogens with zero attached hydrogens (tertiary/aromatic N) is 1. The average Bonchev–Trinajstić information content (AvgIpc) is 2.80. The van der Waals surface area contributed by atoms with Gasteiger partial charge in [-0.25, -0.2) is 4.98 Å². The third-order valence-electron chi connectivity index (χ3n) is 5.66. The summed E-state index contributed by atoms with van der Waals surface area (Å²) >= 11 is 0. The minimum Gasteiger partial charge on any atom is -0.247 e. The SMILES string of the molecule is Cc1ccc(C2=c3nc(-c4ccc(-c5ccccc5)cc4)ccc3=CCC2)cc1. The van der Waals surface area contributed by atoms with Crippen molar-refractivity contribution in [3.63, 3.8) is 0 Å². The number of benzene rings is 3. The first-order valence-corrected chi connectivity index (χ1v) is 10.2. The van der Waals surface area contributed by atoms with Gasteiger partial charge in [-0.2, -0.15) is 0 Å². The lowest BCUT2D eigenvalue weighted by molar-refractivity contribution is 1.04. The molecule has 1 heteroatoms. The largest absolute Gasteiger partial charge is 0.247 e. The van der Waals surface area contributed by atoms with Crippen LogP contribution in [0.2, 0.25) is 0 Å². The third kappa shape index (κ3) is 3.52. The van der Waals surface area contributed by atoms with Gasteiger partial charge in [-0.05, 0) is 53.3 Å². The Labute approximate surface area is 171 Å². The van der Waals surface area contributed by atoms with E-state index in [1.807, 2.05) is 6.07 Å². The lowest BCUT2D eigenvalue weighted by atomic mass is 9.95. The topological polar surface area (TPSA) is 12.9 Å². The van der Waals surface area contributed by atoms with E-state index in [0.29, 0.717) is 0 Å². The Morgan fingerprint density at radius 1 is 0.621 bits per heavy atom. The number of rotatable bonds is 3. The van der Waals surface area contributed by atoms with Crippen LogP contribution in [0, 0.1) is 6.92 Å². The van der Waals surface area contributed by atoms with Gasteiger partial charge in [0.1, 0.15) is 0 Å². The number of hydrogen-bond acceptors (Lipinski definition) is 1. The van der Waals surface area contributed by atoms with Crippen LogP contribution in [-0.2, 0) is 0 Å². The molecule has 0 aliphatic heterocycles. The summed E-state index contributed by atoms with van der Waals surface area (Å²) < 4.78 is 0. The predicted octanol–water partition coefficient (Wildman–Crippen LogP) is 5.50. The summed E-state index contributed by atoms with van der Waals surface area (Å²) in [7, 11) is 0. The monoisotopic (exact) mass is 373 g/mol. The second-order valence-corrected chi connectivity index (χ2v) is 7.67. The van der Waals surface area contributed by atoms with Crippen molar-refractivity contribution in [3.8, 4) is 22.4 Å². The van der Waals surface area contributed by atoms with Gasteiger partial charge < -0.3 is 0 Å². The molecule has 140 valence electrons. The molecule has 0 fully saturated rings. The Balaban J connectivity index is 1.59. The van der Waals surface area contributed by atoms with Crippen molar-refractivity contribution in [3.05, 3.63) is 113 Å². The fraction of sp³-hybridized carbons (Fsp3) is 0.107. The molecular formula is C28H23N. The van der Waals surface area contributed by atoms with Gasteiger partial charge >= 0.3 is 0 Å². The Bertz CT molecular complexity index is 1270. The summed E-state index contributed by atoms with van der Waals surface area (Å²) in [6.07, 6.45) is 4.42. The first kappa shape index (κ1) is 17.6. The Hall–Kier alpha value is -3.45. The zero-order valence-electron chi connectivity index (χ0n) is 16.6. The Kier molecular flexibility index (Phi) is 4.57. The third-order valence-corrected chi connectivity index (χ3v) is 5.66. The molecule has 1 aliphatic carbocycles. The van der Waals surface area contributed by atoms with Crippen LogP contribution in [0.1, 0.15) is 24.0 Å². The number of aromatic nitrogens is 1. The maximum atomic E-state index is 5.10. The molecule has 0 N–H and O–H groups in total. The van der Waals surface area contributed by atoms with Crippen molar-refractivity contribution in [2.45, 2.75) is 19.8 Å². The molecular weight excluding hydrogens is 350 g/mol. The van der Waals surface area contributed by atoms with E-state index in [2.05, 4.69) is 97.9 Å². The molecule has 0 amide bonds. The molecule has 1 nitrogen and oxygen atoms in total. The summed E-state index contributed by atoms with van der Waals surface area (Å²) in [5, 5.41) is 2.38. The number of aryl methyl sites for hydroxylation is 1. The van der Waals surface area contributed by atoms with Crippen LogP contribution in [0.25, 0.3) is 34.0 Å². The lowest BCUT2D eigenvalue weighted by Gasteiger charge is -2.12. The molecule has 1 aliphatic rings. The van der Waals surface area contributed by atoms with Gasteiger partial charge in [0.25, 0.3) is 0 Å². The Morgan fingerprint density at radius 2 is 1.28 bits per heavy atom. The highest BCUT2D eigenvalue weighted by atomic mass is 14.7. The van der Waals surface area contributed by atoms with Gasteiger partial charge in [-0.3, -0.25) is 0 Å². The fourth-order valence-electron chi connectivity index (χ4n) is 4.03. The second-order valence-electron chi connectivity index (χ2n) is 7.67. The quantitative estimate of drug-likeness (QED) is 0.462. The van der Waals surface area contributed by atoms with Gasteiger partial charge in [-0.1, -0.05) is 96.6 Å². The molecule has 5 rings (SSSR count). The maximum absolute atomic E-state index is 5.10. The number of fused-ring (bicyclic) bond motifs is 1. The van der Waals surface area contributed by atoms with Crippen molar-refractivity contribution < 1.29 is 0 Å². The van der Waals surface area contributed by atoms with Gasteiger partial charge in [-0.15, -0.1) is 0 Å². The normalized spacial score (nSPS) is 12.9. The first-order valence-electron chi connectivity index (χ1n) is 10.2. The molecule has 3 aromatic carbocycles. The highest BCUT2D eigenvalue weighted by Crippen LogP contribution is 2.24. The van der Waals surface area contributed by atoms with E-state index in [0.717, 1.165) is 29.4 Å². The smallest absolute Gasteiger partial charge is 0.0744 e. The van der Waals surface area contributed by atoms with E-state index in [-0.39, 0.29) is 0 Å². The maximum Gasteiger partial charge on any atom is 0.0744 e. The van der Waals surface area contributed by atoms with Crippen molar-refractivity contribution >= 4 is 11.6 Å². The van der Waals surface area contributed by atoms with Gasteiger partial charge in [0.05, 0.1) is 11.0 Å². The molecule has 0 unspecified atom stereocenters. The summed E-state index contributed by atoms with van der Waals surface area (Å²) in [6, 6.07) is 32.4. The fourth-order valence-corrected chi connectivity index (χ4v) is 4.03. The van der Waals surface area contributed by atoms with E-state index in [4.69, 9.17) is 4.98 Å². The minimum atomic E-state index is 1.03. The van der Waals surface area contributed by atoms with E-state index in [9.17, 15) is 0 Å². The van der Waals surface area contributed by atoms with Crippen molar-refractivity contribution in [2.24, 2.45) is 0 Å². The van der Waals surface area contributed by atoms with Gasteiger partial charge in [0, 0.05) is 5.56 Å². The van der Waals surface area contributed by atoms with E-state index < -0.39 is 0 Å². The van der Waals surface area contributed by atoms with Crippen molar-refractivity contribution in [1.29, 1.82) is 0 Å².